The molecule has 0 spiro atoms. The monoisotopic (exact) mass is 338 g/mol. The second kappa shape index (κ2) is 6.24. The van der Waals surface area contributed by atoms with Crippen LogP contribution >= 0.6 is 11.8 Å². The second-order valence-electron chi connectivity index (χ2n) is 5.85. The molecule has 1 saturated carbocycles. The van der Waals surface area contributed by atoms with Gasteiger partial charge in [0.2, 0.25) is 0 Å². The third-order valence-corrected chi connectivity index (χ3v) is 4.97. The molecule has 7 heteroatoms. The van der Waals surface area contributed by atoms with Crippen LogP contribution in [0.3, 0.4) is 0 Å². The summed E-state index contributed by atoms with van der Waals surface area (Å²) in [5, 5.41) is 10.5. The van der Waals surface area contributed by atoms with E-state index in [9.17, 15) is 0 Å². The molecule has 1 aromatic carbocycles. The summed E-state index contributed by atoms with van der Waals surface area (Å²) in [5.41, 5.74) is 6.92. The molecule has 24 heavy (non-hydrogen) atoms. The highest BCUT2D eigenvalue weighted by Crippen LogP contribution is 2.40. The molecule has 6 nitrogen and oxygen atoms in total. The van der Waals surface area contributed by atoms with Gasteiger partial charge in [0.05, 0.1) is 11.3 Å². The topological polar surface area (TPSA) is 82.5 Å². The van der Waals surface area contributed by atoms with Gasteiger partial charge in [0.15, 0.2) is 5.16 Å². The number of allylic oxidation sites excluding steroid dienone is 1. The Labute approximate surface area is 144 Å². The van der Waals surface area contributed by atoms with Crippen molar-refractivity contribution >= 4 is 28.5 Å². The predicted molar refractivity (Wildman–Crippen MR) is 95.7 cm³/mol. The lowest BCUT2D eigenvalue weighted by molar-refractivity contribution is 0.681. The van der Waals surface area contributed by atoms with Gasteiger partial charge < -0.3 is 10.3 Å². The first kappa shape index (κ1) is 15.1. The predicted octanol–water partition coefficient (Wildman–Crippen LogP) is 3.16. The van der Waals surface area contributed by atoms with E-state index in [0.717, 1.165) is 28.4 Å². The molecule has 0 amide bonds. The highest BCUT2D eigenvalue weighted by Gasteiger charge is 2.30. The maximum atomic E-state index is 6.05. The molecule has 2 heterocycles. The molecule has 0 aliphatic heterocycles. The number of nitrogen functional groups attached to an aromatic ring is 1. The Morgan fingerprint density at radius 2 is 2.08 bits per heavy atom. The lowest BCUT2D eigenvalue weighted by atomic mass is 10.2. The third kappa shape index (κ3) is 2.87. The third-order valence-electron chi connectivity index (χ3n) is 4.01. The SMILES string of the molecule is C=CCn1c(SCc2nc(N)c3ccccc3n2)nnc1C1CC1. The fourth-order valence-corrected chi connectivity index (χ4v) is 3.51. The molecule has 3 aromatic rings. The van der Waals surface area contributed by atoms with Crippen molar-refractivity contribution in [2.75, 3.05) is 5.73 Å². The van der Waals surface area contributed by atoms with E-state index >= 15 is 0 Å². The van der Waals surface area contributed by atoms with Crippen LogP contribution in [0, 0.1) is 0 Å². The molecule has 0 unspecified atom stereocenters. The second-order valence-corrected chi connectivity index (χ2v) is 6.79. The Bertz CT molecular complexity index is 899. The summed E-state index contributed by atoms with van der Waals surface area (Å²) in [6, 6.07) is 7.78. The van der Waals surface area contributed by atoms with Crippen LogP contribution in [0.2, 0.25) is 0 Å². The molecule has 0 bridgehead atoms. The lowest BCUT2D eigenvalue weighted by Gasteiger charge is -2.07. The largest absolute Gasteiger partial charge is 0.383 e. The van der Waals surface area contributed by atoms with Crippen LogP contribution in [0.15, 0.2) is 42.1 Å². The zero-order chi connectivity index (χ0) is 16.5. The number of nitrogens with zero attached hydrogens (tertiary/aromatic N) is 5. The van der Waals surface area contributed by atoms with Crippen LogP contribution < -0.4 is 5.73 Å². The summed E-state index contributed by atoms with van der Waals surface area (Å²) in [5.74, 6) is 3.45. The first-order valence-electron chi connectivity index (χ1n) is 7.94. The number of fused-ring (bicyclic) bond motifs is 1. The number of anilines is 1. The number of hydrogen-bond acceptors (Lipinski definition) is 6. The van der Waals surface area contributed by atoms with E-state index in [-0.39, 0.29) is 0 Å². The molecule has 2 aromatic heterocycles. The summed E-state index contributed by atoms with van der Waals surface area (Å²) < 4.78 is 2.14. The van der Waals surface area contributed by atoms with Crippen LogP contribution in [0.5, 0.6) is 0 Å². The summed E-state index contributed by atoms with van der Waals surface area (Å²) in [7, 11) is 0. The van der Waals surface area contributed by atoms with Crippen molar-refractivity contribution < 1.29 is 0 Å². The normalized spacial score (nSPS) is 14.2. The van der Waals surface area contributed by atoms with E-state index in [1.54, 1.807) is 11.8 Å². The number of nitrogens with two attached hydrogens (primary N) is 1. The molecular formula is C17H18N6S. The Balaban J connectivity index is 1.58. The van der Waals surface area contributed by atoms with Gasteiger partial charge in [-0.1, -0.05) is 30.0 Å². The minimum Gasteiger partial charge on any atom is -0.383 e. The minimum absolute atomic E-state index is 0.516. The fourth-order valence-electron chi connectivity index (χ4n) is 2.70. The smallest absolute Gasteiger partial charge is 0.191 e. The number of rotatable bonds is 6. The van der Waals surface area contributed by atoms with Gasteiger partial charge in [-0.05, 0) is 25.0 Å². The van der Waals surface area contributed by atoms with Crippen molar-refractivity contribution in [3.05, 3.63) is 48.6 Å². The van der Waals surface area contributed by atoms with Gasteiger partial charge in [0, 0.05) is 17.8 Å². The van der Waals surface area contributed by atoms with Crippen molar-refractivity contribution in [1.29, 1.82) is 0 Å². The van der Waals surface area contributed by atoms with E-state index in [1.807, 2.05) is 30.3 Å². The first-order valence-corrected chi connectivity index (χ1v) is 8.92. The van der Waals surface area contributed by atoms with Crippen molar-refractivity contribution in [1.82, 2.24) is 24.7 Å². The lowest BCUT2D eigenvalue weighted by Crippen LogP contribution is -2.04. The van der Waals surface area contributed by atoms with E-state index in [0.29, 0.717) is 23.3 Å². The summed E-state index contributed by atoms with van der Waals surface area (Å²) in [6.45, 7) is 4.56. The molecule has 1 aliphatic rings. The maximum absolute atomic E-state index is 6.05. The van der Waals surface area contributed by atoms with E-state index in [4.69, 9.17) is 5.73 Å². The van der Waals surface area contributed by atoms with Crippen molar-refractivity contribution in [3.8, 4) is 0 Å². The summed E-state index contributed by atoms with van der Waals surface area (Å²) in [6.07, 6.45) is 4.28. The summed E-state index contributed by atoms with van der Waals surface area (Å²) >= 11 is 1.58. The van der Waals surface area contributed by atoms with Gasteiger partial charge >= 0.3 is 0 Å². The van der Waals surface area contributed by atoms with Gasteiger partial charge in [-0.3, -0.25) is 0 Å². The molecule has 0 saturated heterocycles. The minimum atomic E-state index is 0.516. The quantitative estimate of drug-likeness (QED) is 0.549. The fraction of sp³-hybridized carbons (Fsp3) is 0.294. The van der Waals surface area contributed by atoms with Crippen molar-refractivity contribution in [3.63, 3.8) is 0 Å². The van der Waals surface area contributed by atoms with Gasteiger partial charge in [-0.15, -0.1) is 16.8 Å². The number of hydrogen-bond donors (Lipinski definition) is 1. The van der Waals surface area contributed by atoms with Crippen LogP contribution in [0.4, 0.5) is 5.82 Å². The molecule has 0 radical (unpaired) electrons. The van der Waals surface area contributed by atoms with Gasteiger partial charge in [-0.2, -0.15) is 0 Å². The van der Waals surface area contributed by atoms with E-state index in [1.165, 1.54) is 12.8 Å². The van der Waals surface area contributed by atoms with Crippen LogP contribution in [-0.2, 0) is 12.3 Å². The van der Waals surface area contributed by atoms with E-state index in [2.05, 4.69) is 31.3 Å². The molecule has 0 atom stereocenters. The van der Waals surface area contributed by atoms with Gasteiger partial charge in [0.25, 0.3) is 0 Å². The molecule has 4 rings (SSSR count). The summed E-state index contributed by atoms with van der Waals surface area (Å²) in [4.78, 5) is 9.01. The Hall–Kier alpha value is -2.41. The maximum Gasteiger partial charge on any atom is 0.191 e. The number of aromatic nitrogens is 5. The average molecular weight is 338 g/mol. The number of para-hydroxylation sites is 1. The van der Waals surface area contributed by atoms with Gasteiger partial charge in [0.1, 0.15) is 17.5 Å². The average Bonchev–Trinajstić information content (AvgIpc) is 3.36. The Morgan fingerprint density at radius 1 is 1.25 bits per heavy atom. The number of benzene rings is 1. The zero-order valence-electron chi connectivity index (χ0n) is 13.2. The molecule has 2 N–H and O–H groups in total. The Morgan fingerprint density at radius 3 is 2.88 bits per heavy atom. The van der Waals surface area contributed by atoms with Gasteiger partial charge in [-0.25, -0.2) is 9.97 Å². The number of thioether (sulfide) groups is 1. The van der Waals surface area contributed by atoms with Crippen molar-refractivity contribution in [2.45, 2.75) is 36.2 Å². The molecule has 1 fully saturated rings. The highest BCUT2D eigenvalue weighted by molar-refractivity contribution is 7.98. The standard InChI is InChI=1S/C17H18N6S/c1-2-9-23-16(11-7-8-11)21-22-17(23)24-10-14-19-13-6-4-3-5-12(13)15(18)20-14/h2-6,11H,1,7-10H2,(H2,18,19,20). The molecule has 122 valence electrons. The zero-order valence-corrected chi connectivity index (χ0v) is 14.0. The van der Waals surface area contributed by atoms with Crippen LogP contribution in [0.1, 0.15) is 30.4 Å². The molecule has 1 aliphatic carbocycles. The molecular weight excluding hydrogens is 320 g/mol. The van der Waals surface area contributed by atoms with Crippen LogP contribution in [-0.4, -0.2) is 24.7 Å². The van der Waals surface area contributed by atoms with E-state index < -0.39 is 0 Å². The first-order chi connectivity index (χ1) is 11.8. The Kier molecular flexibility index (Phi) is 3.93. The highest BCUT2D eigenvalue weighted by atomic mass is 32.2. The van der Waals surface area contributed by atoms with Crippen LogP contribution in [0.25, 0.3) is 10.9 Å². The van der Waals surface area contributed by atoms with Crippen molar-refractivity contribution in [2.24, 2.45) is 0 Å².